The summed E-state index contributed by atoms with van der Waals surface area (Å²) in [5, 5.41) is 0. The van der Waals surface area contributed by atoms with Crippen LogP contribution in [-0.4, -0.2) is 21.6 Å². The van der Waals surface area contributed by atoms with Crippen molar-refractivity contribution < 1.29 is 17.9 Å². The van der Waals surface area contributed by atoms with Crippen LogP contribution in [-0.2, 0) is 6.18 Å². The highest BCUT2D eigenvalue weighted by Gasteiger charge is 2.32. The summed E-state index contributed by atoms with van der Waals surface area (Å²) in [6.45, 7) is 2.13. The molecular weight excluding hydrogens is 223 g/mol. The number of halogens is 3. The van der Waals surface area contributed by atoms with Crippen LogP contribution >= 0.6 is 0 Å². The van der Waals surface area contributed by atoms with E-state index < -0.39 is 11.9 Å². The number of ether oxygens (including phenoxy) is 1. The van der Waals surface area contributed by atoms with Crippen LogP contribution < -0.4 is 4.74 Å². The number of hydrogen-bond acceptors (Lipinski definition) is 3. The van der Waals surface area contributed by atoms with Crippen LogP contribution in [0.4, 0.5) is 13.2 Å². The molecule has 2 aromatic rings. The van der Waals surface area contributed by atoms with Crippen LogP contribution in [0.15, 0.2) is 12.1 Å². The summed E-state index contributed by atoms with van der Waals surface area (Å²) in [6.07, 6.45) is -4.46. The molecular formula is C9H8F3N3O. The van der Waals surface area contributed by atoms with E-state index in [1.54, 1.807) is 6.92 Å². The molecule has 0 aromatic carbocycles. The van der Waals surface area contributed by atoms with Gasteiger partial charge in [-0.25, -0.2) is 4.98 Å². The summed E-state index contributed by atoms with van der Waals surface area (Å²) in [6, 6.07) is 2.35. The zero-order chi connectivity index (χ0) is 11.8. The molecule has 0 unspecified atom stereocenters. The largest absolute Gasteiger partial charge is 0.465 e. The third kappa shape index (κ3) is 1.93. The van der Waals surface area contributed by atoms with Crippen molar-refractivity contribution in [3.63, 3.8) is 0 Å². The van der Waals surface area contributed by atoms with Gasteiger partial charge in [-0.15, -0.1) is 0 Å². The molecule has 1 N–H and O–H groups in total. The molecule has 0 fully saturated rings. The highest BCUT2D eigenvalue weighted by Crippen LogP contribution is 2.28. The van der Waals surface area contributed by atoms with Gasteiger partial charge in [0.2, 0.25) is 0 Å². The number of alkyl halides is 3. The number of H-pyrrole nitrogens is 1. The minimum Gasteiger partial charge on any atom is -0.465 e. The molecule has 2 rings (SSSR count). The third-order valence-electron chi connectivity index (χ3n) is 1.90. The van der Waals surface area contributed by atoms with Crippen molar-refractivity contribution in [3.05, 3.63) is 17.8 Å². The lowest BCUT2D eigenvalue weighted by Crippen LogP contribution is -2.07. The molecule has 0 bridgehead atoms. The monoisotopic (exact) mass is 231 g/mol. The van der Waals surface area contributed by atoms with E-state index in [9.17, 15) is 13.2 Å². The Hall–Kier alpha value is -1.79. The van der Waals surface area contributed by atoms with Gasteiger partial charge >= 0.3 is 6.18 Å². The van der Waals surface area contributed by atoms with Gasteiger partial charge in [0.25, 0.3) is 6.01 Å². The Bertz CT molecular complexity index is 506. The third-order valence-corrected chi connectivity index (χ3v) is 1.90. The Morgan fingerprint density at radius 3 is 2.69 bits per heavy atom. The lowest BCUT2D eigenvalue weighted by molar-refractivity contribution is -0.141. The second kappa shape index (κ2) is 3.66. The first-order valence-corrected chi connectivity index (χ1v) is 4.57. The van der Waals surface area contributed by atoms with Crippen molar-refractivity contribution in [2.45, 2.75) is 13.1 Å². The van der Waals surface area contributed by atoms with E-state index in [1.165, 1.54) is 6.07 Å². The molecule has 2 aromatic heterocycles. The first-order chi connectivity index (χ1) is 7.50. The van der Waals surface area contributed by atoms with Crippen molar-refractivity contribution in [2.75, 3.05) is 6.61 Å². The minimum absolute atomic E-state index is 0.00160. The van der Waals surface area contributed by atoms with Crippen molar-refractivity contribution >= 4 is 11.2 Å². The van der Waals surface area contributed by atoms with Gasteiger partial charge < -0.3 is 9.72 Å². The maximum atomic E-state index is 12.3. The summed E-state index contributed by atoms with van der Waals surface area (Å²) < 4.78 is 42.0. The van der Waals surface area contributed by atoms with Crippen molar-refractivity contribution in [1.29, 1.82) is 0 Å². The van der Waals surface area contributed by atoms with Gasteiger partial charge in [0.05, 0.1) is 12.1 Å². The average molecular weight is 231 g/mol. The summed E-state index contributed by atoms with van der Waals surface area (Å²) in [5.41, 5.74) is -0.552. The highest BCUT2D eigenvalue weighted by atomic mass is 19.4. The van der Waals surface area contributed by atoms with Crippen LogP contribution in [0.5, 0.6) is 6.01 Å². The van der Waals surface area contributed by atoms with Gasteiger partial charge in [0.15, 0.2) is 5.65 Å². The summed E-state index contributed by atoms with van der Waals surface area (Å²) in [7, 11) is 0. The van der Waals surface area contributed by atoms with Crippen molar-refractivity contribution in [2.24, 2.45) is 0 Å². The van der Waals surface area contributed by atoms with Gasteiger partial charge in [-0.2, -0.15) is 18.2 Å². The second-order valence-electron chi connectivity index (χ2n) is 3.04. The van der Waals surface area contributed by atoms with Gasteiger partial charge in [-0.1, -0.05) is 0 Å². The molecule has 0 saturated heterocycles. The van der Waals surface area contributed by atoms with Crippen LogP contribution in [0.2, 0.25) is 0 Å². The minimum atomic E-state index is -4.46. The summed E-state index contributed by atoms with van der Waals surface area (Å²) in [5.74, 6) is 0. The molecule has 0 radical (unpaired) electrons. The van der Waals surface area contributed by atoms with Crippen LogP contribution in [0.25, 0.3) is 11.2 Å². The number of nitrogens with zero attached hydrogens (tertiary/aromatic N) is 2. The fourth-order valence-electron chi connectivity index (χ4n) is 1.23. The number of nitrogens with one attached hydrogen (secondary N) is 1. The SMILES string of the molecule is CCOc1nc2nc(C(F)(F)F)ccc2[nH]1. The molecule has 0 atom stereocenters. The first kappa shape index (κ1) is 10.7. The Labute approximate surface area is 88.5 Å². The maximum Gasteiger partial charge on any atom is 0.433 e. The highest BCUT2D eigenvalue weighted by molar-refractivity contribution is 5.71. The van der Waals surface area contributed by atoms with Gasteiger partial charge in [-0.3, -0.25) is 0 Å². The van der Waals surface area contributed by atoms with E-state index in [2.05, 4.69) is 15.0 Å². The van der Waals surface area contributed by atoms with E-state index >= 15 is 0 Å². The normalized spacial score (nSPS) is 12.0. The molecule has 16 heavy (non-hydrogen) atoms. The molecule has 0 aliphatic heterocycles. The van der Waals surface area contributed by atoms with Gasteiger partial charge in [0.1, 0.15) is 5.69 Å². The maximum absolute atomic E-state index is 12.3. The number of rotatable bonds is 2. The van der Waals surface area contributed by atoms with Crippen LogP contribution in [0, 0.1) is 0 Å². The number of fused-ring (bicyclic) bond motifs is 1. The second-order valence-corrected chi connectivity index (χ2v) is 3.04. The van der Waals surface area contributed by atoms with E-state index in [0.29, 0.717) is 12.1 Å². The number of hydrogen-bond donors (Lipinski definition) is 1. The van der Waals surface area contributed by atoms with Crippen molar-refractivity contribution in [1.82, 2.24) is 15.0 Å². The molecule has 7 heteroatoms. The van der Waals surface area contributed by atoms with Crippen LogP contribution in [0.3, 0.4) is 0 Å². The zero-order valence-corrected chi connectivity index (χ0v) is 8.30. The van der Waals surface area contributed by atoms with Crippen molar-refractivity contribution in [3.8, 4) is 6.01 Å². The predicted octanol–water partition coefficient (Wildman–Crippen LogP) is 2.38. The molecule has 2 heterocycles. The average Bonchev–Trinajstić information content (AvgIpc) is 2.57. The van der Waals surface area contributed by atoms with Gasteiger partial charge in [-0.05, 0) is 19.1 Å². The molecule has 4 nitrogen and oxygen atoms in total. The number of aromatic nitrogens is 3. The van der Waals surface area contributed by atoms with Crippen LogP contribution in [0.1, 0.15) is 12.6 Å². The topological polar surface area (TPSA) is 50.8 Å². The number of aromatic amines is 1. The predicted molar refractivity (Wildman–Crippen MR) is 50.1 cm³/mol. The summed E-state index contributed by atoms with van der Waals surface area (Å²) in [4.78, 5) is 9.90. The van der Waals surface area contributed by atoms with E-state index in [0.717, 1.165) is 6.07 Å². The molecule has 0 saturated carbocycles. The quantitative estimate of drug-likeness (QED) is 0.863. The number of pyridine rings is 1. The Kier molecular flexibility index (Phi) is 2.45. The fraction of sp³-hybridized carbons (Fsp3) is 0.333. The lowest BCUT2D eigenvalue weighted by Gasteiger charge is -2.03. The van der Waals surface area contributed by atoms with E-state index in [-0.39, 0.29) is 11.7 Å². The number of imidazole rings is 1. The first-order valence-electron chi connectivity index (χ1n) is 4.57. The Balaban J connectivity index is 2.46. The van der Waals surface area contributed by atoms with E-state index in [4.69, 9.17) is 4.74 Å². The Morgan fingerprint density at radius 1 is 1.31 bits per heavy atom. The molecule has 0 aliphatic rings. The smallest absolute Gasteiger partial charge is 0.433 e. The standard InChI is InChI=1S/C9H8F3N3O/c1-2-16-8-13-5-3-4-6(9(10,11)12)14-7(5)15-8/h3-4H,2H2,1H3,(H,13,14,15). The fourth-order valence-corrected chi connectivity index (χ4v) is 1.23. The molecule has 0 spiro atoms. The summed E-state index contributed by atoms with van der Waals surface area (Å²) >= 11 is 0. The molecule has 86 valence electrons. The Morgan fingerprint density at radius 2 is 2.06 bits per heavy atom. The van der Waals surface area contributed by atoms with Gasteiger partial charge in [0, 0.05) is 0 Å². The van der Waals surface area contributed by atoms with E-state index in [1.807, 2.05) is 0 Å². The molecule has 0 aliphatic carbocycles. The lowest BCUT2D eigenvalue weighted by atomic mass is 10.3. The zero-order valence-electron chi connectivity index (χ0n) is 8.30. The molecule has 0 amide bonds.